The minimum absolute atomic E-state index is 0.0725. The average molecular weight is 630 g/mol. The highest BCUT2D eigenvalue weighted by atomic mass is 32.2. The average Bonchev–Trinajstić information content (AvgIpc) is 2.95. The number of rotatable bonds is 12. The summed E-state index contributed by atoms with van der Waals surface area (Å²) in [4.78, 5) is 10.9. The molecule has 0 spiro atoms. The fraction of sp³-hybridized carbons (Fsp3) is 0.172. The van der Waals surface area contributed by atoms with E-state index < -0.39 is 25.2 Å². The van der Waals surface area contributed by atoms with Gasteiger partial charge in [0, 0.05) is 17.7 Å². The predicted octanol–water partition coefficient (Wildman–Crippen LogP) is 5.20. The van der Waals surface area contributed by atoms with E-state index in [1.54, 1.807) is 6.07 Å². The molecule has 14 heteroatoms. The third-order valence-electron chi connectivity index (χ3n) is 5.94. The number of hydrogen-bond acceptors (Lipinski definition) is 11. The van der Waals surface area contributed by atoms with Crippen molar-refractivity contribution in [2.24, 2.45) is 0 Å². The Morgan fingerprint density at radius 3 is 2.00 bits per heavy atom. The van der Waals surface area contributed by atoms with Crippen molar-refractivity contribution in [1.29, 1.82) is 0 Å². The molecule has 0 bridgehead atoms. The van der Waals surface area contributed by atoms with Crippen molar-refractivity contribution in [3.63, 3.8) is 0 Å². The van der Waals surface area contributed by atoms with E-state index in [-0.39, 0.29) is 57.7 Å². The van der Waals surface area contributed by atoms with E-state index in [1.165, 1.54) is 56.7 Å². The summed E-state index contributed by atoms with van der Waals surface area (Å²) >= 11 is 0. The summed E-state index contributed by atoms with van der Waals surface area (Å²) in [5, 5.41) is 11.4. The molecule has 0 aromatic heterocycles. The van der Waals surface area contributed by atoms with Crippen molar-refractivity contribution in [3.8, 4) is 51.0 Å². The lowest BCUT2D eigenvalue weighted by molar-refractivity contribution is -0.384. The van der Waals surface area contributed by atoms with Crippen molar-refractivity contribution in [1.82, 2.24) is 0 Å². The summed E-state index contributed by atoms with van der Waals surface area (Å²) < 4.78 is 76.9. The largest absolute Gasteiger partial charge is 0.496 e. The lowest BCUT2D eigenvalue weighted by atomic mass is 9.96. The molecule has 0 aliphatic heterocycles. The van der Waals surface area contributed by atoms with E-state index in [1.807, 2.05) is 30.3 Å². The first-order valence-corrected chi connectivity index (χ1v) is 16.1. The maximum Gasteiger partial charge on any atom is 0.306 e. The minimum atomic E-state index is -4.17. The van der Waals surface area contributed by atoms with Crippen LogP contribution in [0.25, 0.3) is 22.3 Å². The van der Waals surface area contributed by atoms with Gasteiger partial charge in [-0.05, 0) is 34.9 Å². The second-order valence-corrected chi connectivity index (χ2v) is 12.3. The van der Waals surface area contributed by atoms with E-state index in [9.17, 15) is 26.9 Å². The van der Waals surface area contributed by atoms with E-state index in [0.717, 1.165) is 18.1 Å². The molecule has 4 aromatic rings. The van der Waals surface area contributed by atoms with Crippen LogP contribution < -0.4 is 22.6 Å². The highest BCUT2D eigenvalue weighted by molar-refractivity contribution is 7.86. The van der Waals surface area contributed by atoms with Gasteiger partial charge in [-0.15, -0.1) is 0 Å². The third-order valence-corrected chi connectivity index (χ3v) is 6.89. The Morgan fingerprint density at radius 2 is 1.40 bits per heavy atom. The van der Waals surface area contributed by atoms with Gasteiger partial charge in [-0.2, -0.15) is 16.8 Å². The van der Waals surface area contributed by atoms with Crippen LogP contribution in [0.5, 0.6) is 28.7 Å². The normalized spacial score (nSPS) is 11.4. The number of nitro benzene ring substituents is 1. The molecule has 4 aromatic carbocycles. The first-order valence-electron chi connectivity index (χ1n) is 12.4. The molecule has 0 radical (unpaired) electrons. The van der Waals surface area contributed by atoms with Crippen LogP contribution in [0.1, 0.15) is 5.56 Å². The SMILES string of the molecule is COc1cc(-c2cccc([N+](=O)[O-])c2)c(OC)c(OS(C)(=O)=O)c1-c1ccc(OCc2ccccc2)c(OS(C)(=O)=O)c1. The third kappa shape index (κ3) is 7.72. The summed E-state index contributed by atoms with van der Waals surface area (Å²) in [5.41, 5.74) is 1.48. The molecule has 4 rings (SSSR count). The Hall–Kier alpha value is -4.82. The summed E-state index contributed by atoms with van der Waals surface area (Å²) in [6, 6.07) is 20.6. The fourth-order valence-electron chi connectivity index (χ4n) is 4.23. The minimum Gasteiger partial charge on any atom is -0.496 e. The van der Waals surface area contributed by atoms with Gasteiger partial charge in [0.25, 0.3) is 5.69 Å². The molecule has 0 unspecified atom stereocenters. The zero-order valence-electron chi connectivity index (χ0n) is 23.5. The number of hydrogen-bond donors (Lipinski definition) is 0. The van der Waals surface area contributed by atoms with Gasteiger partial charge in [0.1, 0.15) is 12.4 Å². The highest BCUT2D eigenvalue weighted by Gasteiger charge is 2.28. The first-order chi connectivity index (χ1) is 20.3. The summed E-state index contributed by atoms with van der Waals surface area (Å²) in [5.74, 6) is -0.359. The van der Waals surface area contributed by atoms with E-state index in [4.69, 9.17) is 22.6 Å². The van der Waals surface area contributed by atoms with Crippen molar-refractivity contribution < 1.29 is 44.3 Å². The lowest BCUT2D eigenvalue weighted by Crippen LogP contribution is -2.10. The Kier molecular flexibility index (Phi) is 9.11. The van der Waals surface area contributed by atoms with E-state index in [2.05, 4.69) is 0 Å². The quantitative estimate of drug-likeness (QED) is 0.115. The molecular weight excluding hydrogens is 602 g/mol. The molecule has 0 amide bonds. The van der Waals surface area contributed by atoms with Crippen LogP contribution in [-0.2, 0) is 26.8 Å². The van der Waals surface area contributed by atoms with E-state index in [0.29, 0.717) is 5.56 Å². The van der Waals surface area contributed by atoms with Gasteiger partial charge in [0.05, 0.1) is 37.2 Å². The molecule has 0 fully saturated rings. The van der Waals surface area contributed by atoms with Crippen LogP contribution in [0.3, 0.4) is 0 Å². The van der Waals surface area contributed by atoms with Crippen molar-refractivity contribution in [2.75, 3.05) is 26.7 Å². The molecule has 0 aliphatic rings. The zero-order valence-corrected chi connectivity index (χ0v) is 25.1. The predicted molar refractivity (Wildman–Crippen MR) is 159 cm³/mol. The molecule has 12 nitrogen and oxygen atoms in total. The second kappa shape index (κ2) is 12.6. The maximum absolute atomic E-state index is 12.4. The Balaban J connectivity index is 1.95. The second-order valence-electron chi connectivity index (χ2n) is 9.18. The monoisotopic (exact) mass is 629 g/mol. The smallest absolute Gasteiger partial charge is 0.306 e. The number of non-ortho nitro benzene ring substituents is 1. The van der Waals surface area contributed by atoms with Gasteiger partial charge in [-0.25, -0.2) is 0 Å². The fourth-order valence-corrected chi connectivity index (χ4v) is 5.15. The van der Waals surface area contributed by atoms with Crippen LogP contribution in [0.15, 0.2) is 78.9 Å². The molecule has 0 N–H and O–H groups in total. The molecule has 226 valence electrons. The van der Waals surface area contributed by atoms with Crippen LogP contribution in [0, 0.1) is 10.1 Å². The van der Waals surface area contributed by atoms with Gasteiger partial charge in [-0.3, -0.25) is 10.1 Å². The van der Waals surface area contributed by atoms with Crippen LogP contribution >= 0.6 is 0 Å². The molecular formula is C29H27NO11S2. The van der Waals surface area contributed by atoms with Gasteiger partial charge in [-0.1, -0.05) is 48.5 Å². The molecule has 43 heavy (non-hydrogen) atoms. The van der Waals surface area contributed by atoms with Crippen LogP contribution in [0.2, 0.25) is 0 Å². The Bertz CT molecular complexity index is 1870. The van der Waals surface area contributed by atoms with Crippen molar-refractivity contribution in [2.45, 2.75) is 6.61 Å². The van der Waals surface area contributed by atoms with Gasteiger partial charge >= 0.3 is 20.2 Å². The van der Waals surface area contributed by atoms with Crippen LogP contribution in [-0.4, -0.2) is 48.5 Å². The Morgan fingerprint density at radius 1 is 0.698 bits per heavy atom. The topological polar surface area (TPSA) is 158 Å². The van der Waals surface area contributed by atoms with Gasteiger partial charge in [0.2, 0.25) is 0 Å². The summed E-state index contributed by atoms with van der Waals surface area (Å²) in [6.45, 7) is 0.109. The molecule has 0 saturated heterocycles. The maximum atomic E-state index is 12.4. The number of methoxy groups -OCH3 is 2. The molecule has 0 atom stereocenters. The number of ether oxygens (including phenoxy) is 3. The first kappa shape index (κ1) is 31.1. The number of nitro groups is 1. The standard InChI is InChI=1S/C29H27NO11S2/c1-37-26-17-23(20-11-8-12-22(15-20)30(31)32)28(38-2)29(41-43(4,35)36)27(26)21-13-14-24(25(16-21)40-42(3,33)34)39-18-19-9-6-5-7-10-19/h5-17H,18H2,1-4H3. The van der Waals surface area contributed by atoms with Gasteiger partial charge in [0.15, 0.2) is 23.0 Å². The van der Waals surface area contributed by atoms with Gasteiger partial charge < -0.3 is 22.6 Å². The Labute approximate surface area is 248 Å². The summed E-state index contributed by atoms with van der Waals surface area (Å²) in [7, 11) is -5.58. The molecule has 0 saturated carbocycles. The molecule has 0 aliphatic carbocycles. The van der Waals surface area contributed by atoms with Crippen LogP contribution in [0.4, 0.5) is 5.69 Å². The lowest BCUT2D eigenvalue weighted by Gasteiger charge is -2.21. The van der Waals surface area contributed by atoms with E-state index >= 15 is 0 Å². The molecule has 0 heterocycles. The number of nitrogens with zero attached hydrogens (tertiary/aromatic N) is 1. The van der Waals surface area contributed by atoms with Crippen molar-refractivity contribution >= 4 is 25.9 Å². The highest BCUT2D eigenvalue weighted by Crippen LogP contribution is 2.52. The van der Waals surface area contributed by atoms with Crippen molar-refractivity contribution in [3.05, 3.63) is 94.5 Å². The number of benzene rings is 4. The zero-order chi connectivity index (χ0) is 31.4. The summed E-state index contributed by atoms with van der Waals surface area (Å²) in [6.07, 6.45) is 1.71.